The van der Waals surface area contributed by atoms with Gasteiger partial charge in [0.15, 0.2) is 0 Å². The minimum absolute atomic E-state index is 0. The zero-order valence-electron chi connectivity index (χ0n) is 24.7. The molecule has 47 heavy (non-hydrogen) atoms. The SMILES string of the molecule is C.CN(C)S(=O)(=O)c1cccc(N(C(=O)[C@@H]2CCC(=O)N2c2cc(C#N)ccn2)[C@H](C(=O)NC2CC(F)(F)C2)c2ccccc2Cl)c1. The fourth-order valence-corrected chi connectivity index (χ4v) is 6.71. The van der Waals surface area contributed by atoms with Gasteiger partial charge in [0.25, 0.3) is 11.8 Å². The first-order valence-corrected chi connectivity index (χ1v) is 16.0. The van der Waals surface area contributed by atoms with E-state index >= 15 is 0 Å². The molecule has 1 aromatic heterocycles. The first kappa shape index (κ1) is 35.4. The van der Waals surface area contributed by atoms with E-state index in [9.17, 15) is 36.8 Å². The molecule has 248 valence electrons. The number of carbonyl (C=O) groups is 3. The molecule has 1 saturated carbocycles. The van der Waals surface area contributed by atoms with Gasteiger partial charge in [-0.1, -0.05) is 43.3 Å². The molecule has 2 heterocycles. The van der Waals surface area contributed by atoms with Crippen molar-refractivity contribution >= 4 is 50.9 Å². The lowest BCUT2D eigenvalue weighted by molar-refractivity contribution is -0.133. The molecule has 3 aromatic rings. The quantitative estimate of drug-likeness (QED) is 0.344. The molecule has 1 N–H and O–H groups in total. The van der Waals surface area contributed by atoms with E-state index in [4.69, 9.17) is 11.6 Å². The van der Waals surface area contributed by atoms with Crippen LogP contribution in [0.15, 0.2) is 71.8 Å². The molecule has 0 spiro atoms. The number of hydrogen-bond acceptors (Lipinski definition) is 7. The highest BCUT2D eigenvalue weighted by Crippen LogP contribution is 2.40. The van der Waals surface area contributed by atoms with Gasteiger partial charge >= 0.3 is 0 Å². The van der Waals surface area contributed by atoms with Gasteiger partial charge in [0.1, 0.15) is 17.9 Å². The van der Waals surface area contributed by atoms with Crippen molar-refractivity contribution in [2.24, 2.45) is 0 Å². The largest absolute Gasteiger partial charge is 0.351 e. The van der Waals surface area contributed by atoms with Gasteiger partial charge in [0.2, 0.25) is 21.8 Å². The molecule has 3 amide bonds. The lowest BCUT2D eigenvalue weighted by Crippen LogP contribution is -2.56. The summed E-state index contributed by atoms with van der Waals surface area (Å²) < 4.78 is 54.7. The number of sulfonamides is 1. The maximum atomic E-state index is 14.8. The lowest BCUT2D eigenvalue weighted by Gasteiger charge is -2.39. The third kappa shape index (κ3) is 7.12. The molecule has 1 aliphatic heterocycles. The van der Waals surface area contributed by atoms with Crippen LogP contribution in [-0.4, -0.2) is 67.5 Å². The van der Waals surface area contributed by atoms with Gasteiger partial charge < -0.3 is 5.32 Å². The van der Waals surface area contributed by atoms with E-state index in [1.165, 1.54) is 68.8 Å². The second-order valence-corrected chi connectivity index (χ2v) is 13.8. The maximum Gasteiger partial charge on any atom is 0.252 e. The smallest absolute Gasteiger partial charge is 0.252 e. The maximum absolute atomic E-state index is 14.8. The highest BCUT2D eigenvalue weighted by molar-refractivity contribution is 7.89. The third-order valence-electron chi connectivity index (χ3n) is 7.87. The van der Waals surface area contributed by atoms with Gasteiger partial charge in [-0.05, 0) is 42.8 Å². The average Bonchev–Trinajstić information content (AvgIpc) is 3.40. The van der Waals surface area contributed by atoms with Gasteiger partial charge in [-0.25, -0.2) is 26.5 Å². The molecule has 0 radical (unpaired) electrons. The van der Waals surface area contributed by atoms with Crippen LogP contribution in [0.1, 0.15) is 50.3 Å². The van der Waals surface area contributed by atoms with Crippen molar-refractivity contribution in [2.45, 2.75) is 62.1 Å². The Hall–Kier alpha value is -4.45. The van der Waals surface area contributed by atoms with Crippen LogP contribution in [-0.2, 0) is 24.4 Å². The molecule has 2 fully saturated rings. The number of pyridine rings is 1. The number of hydrogen-bond donors (Lipinski definition) is 1. The standard InChI is InChI=1S/C31H29ClF2N6O5S.CH4/c1-38(2)46(44,45)22-7-5-6-21(15-22)39(30(43)25-10-11-27(41)40(25)26-14-19(18-35)12-13-36-26)28(23-8-3-4-9-24(23)32)29(42)37-20-16-31(33,34)17-20;/h3-9,12-15,20,25,28H,10-11,16-17H2,1-2H3,(H,37,42);1H4/t25-,28-;/m0./s1. The molecule has 1 aliphatic carbocycles. The van der Waals surface area contributed by atoms with Crippen molar-refractivity contribution in [1.29, 1.82) is 5.26 Å². The van der Waals surface area contributed by atoms with Crippen molar-refractivity contribution in [3.8, 4) is 6.07 Å². The summed E-state index contributed by atoms with van der Waals surface area (Å²) in [6, 6.07) is 12.6. The summed E-state index contributed by atoms with van der Waals surface area (Å²) in [7, 11) is -1.34. The summed E-state index contributed by atoms with van der Waals surface area (Å²) >= 11 is 6.57. The number of nitrogens with one attached hydrogen (secondary N) is 1. The Balaban J connectivity index is 0.00000500. The lowest BCUT2D eigenvalue weighted by atomic mass is 9.87. The minimum atomic E-state index is -4.01. The normalized spacial score (nSPS) is 18.1. The van der Waals surface area contributed by atoms with Gasteiger partial charge in [0, 0.05) is 61.9 Å². The van der Waals surface area contributed by atoms with Gasteiger partial charge in [-0.15, -0.1) is 0 Å². The van der Waals surface area contributed by atoms with E-state index in [0.717, 1.165) is 14.1 Å². The van der Waals surface area contributed by atoms with Crippen LogP contribution in [0.2, 0.25) is 5.02 Å². The number of aromatic nitrogens is 1. The molecule has 0 bridgehead atoms. The Bertz CT molecular complexity index is 1840. The molecule has 5 rings (SSSR count). The summed E-state index contributed by atoms with van der Waals surface area (Å²) in [5, 5.41) is 12.1. The number of halogens is 3. The molecule has 2 aromatic carbocycles. The molecule has 0 unspecified atom stereocenters. The molecule has 15 heteroatoms. The monoisotopic (exact) mass is 686 g/mol. The van der Waals surface area contributed by atoms with Crippen LogP contribution >= 0.6 is 11.6 Å². The van der Waals surface area contributed by atoms with E-state index in [1.807, 2.05) is 6.07 Å². The van der Waals surface area contributed by atoms with Gasteiger partial charge in [-0.3, -0.25) is 24.2 Å². The number of amides is 3. The van der Waals surface area contributed by atoms with Crippen molar-refractivity contribution in [3.63, 3.8) is 0 Å². The van der Waals surface area contributed by atoms with E-state index in [0.29, 0.717) is 0 Å². The Labute approximate surface area is 276 Å². The molecule has 11 nitrogen and oxygen atoms in total. The third-order valence-corrected chi connectivity index (χ3v) is 10.0. The number of alkyl halides is 2. The Morgan fingerprint density at radius 2 is 1.83 bits per heavy atom. The first-order chi connectivity index (χ1) is 21.7. The van der Waals surface area contributed by atoms with Crippen LogP contribution in [0.4, 0.5) is 20.3 Å². The Morgan fingerprint density at radius 1 is 1.13 bits per heavy atom. The van der Waals surface area contributed by atoms with E-state index < -0.39 is 64.6 Å². The number of nitriles is 1. The summed E-state index contributed by atoms with van der Waals surface area (Å²) in [5.74, 6) is -4.98. The highest BCUT2D eigenvalue weighted by atomic mass is 35.5. The number of carbonyl (C=O) groups excluding carboxylic acids is 3. The van der Waals surface area contributed by atoms with Gasteiger partial charge in [0.05, 0.1) is 16.5 Å². The minimum Gasteiger partial charge on any atom is -0.351 e. The molecule has 2 aliphatic rings. The zero-order valence-corrected chi connectivity index (χ0v) is 26.3. The zero-order chi connectivity index (χ0) is 33.4. The fourth-order valence-electron chi connectivity index (χ4n) is 5.53. The van der Waals surface area contributed by atoms with Crippen LogP contribution in [0, 0.1) is 11.3 Å². The Morgan fingerprint density at radius 3 is 2.47 bits per heavy atom. The number of benzene rings is 2. The number of rotatable bonds is 9. The highest BCUT2D eigenvalue weighted by Gasteiger charge is 2.48. The summed E-state index contributed by atoms with van der Waals surface area (Å²) in [5.41, 5.74) is 0.312. The predicted octanol–water partition coefficient (Wildman–Crippen LogP) is 4.68. The van der Waals surface area contributed by atoms with Crippen molar-refractivity contribution in [2.75, 3.05) is 23.9 Å². The van der Waals surface area contributed by atoms with Crippen LogP contribution < -0.4 is 15.1 Å². The summed E-state index contributed by atoms with van der Waals surface area (Å²) in [4.78, 5) is 48.2. The van der Waals surface area contributed by atoms with Gasteiger partial charge in [-0.2, -0.15) is 5.26 Å². The van der Waals surface area contributed by atoms with E-state index in [1.54, 1.807) is 12.1 Å². The summed E-state index contributed by atoms with van der Waals surface area (Å²) in [6.45, 7) is 0. The van der Waals surface area contributed by atoms with Crippen LogP contribution in [0.25, 0.3) is 0 Å². The first-order valence-electron chi connectivity index (χ1n) is 14.2. The average molecular weight is 687 g/mol. The van der Waals surface area contributed by atoms with E-state index in [2.05, 4.69) is 10.3 Å². The molecule has 1 saturated heterocycles. The molecule has 2 atom stereocenters. The van der Waals surface area contributed by atoms with Crippen molar-refractivity contribution < 1.29 is 31.6 Å². The van der Waals surface area contributed by atoms with Crippen LogP contribution in [0.5, 0.6) is 0 Å². The molecular weight excluding hydrogens is 654 g/mol. The number of nitrogens with zero attached hydrogens (tertiary/aromatic N) is 5. The van der Waals surface area contributed by atoms with Crippen molar-refractivity contribution in [3.05, 3.63) is 83.0 Å². The topological polar surface area (TPSA) is 144 Å². The Kier molecular flexibility index (Phi) is 10.3. The second-order valence-electron chi connectivity index (χ2n) is 11.2. The van der Waals surface area contributed by atoms with E-state index in [-0.39, 0.29) is 52.8 Å². The summed E-state index contributed by atoms with van der Waals surface area (Å²) in [6.07, 6.45) is 0.0866. The fraction of sp³-hybridized carbons (Fsp3) is 0.344. The molecular formula is C32H33ClF2N6O5S. The number of anilines is 2. The predicted molar refractivity (Wildman–Crippen MR) is 171 cm³/mol. The second kappa shape index (κ2) is 13.7. The van der Waals surface area contributed by atoms with Crippen molar-refractivity contribution in [1.82, 2.24) is 14.6 Å². The van der Waals surface area contributed by atoms with Crippen LogP contribution in [0.3, 0.4) is 0 Å².